The number of halogens is 1. The molecule has 0 bridgehead atoms. The van der Waals surface area contributed by atoms with Crippen LogP contribution in [0.4, 0.5) is 5.69 Å². The summed E-state index contributed by atoms with van der Waals surface area (Å²) in [4.78, 5) is 65.6. The van der Waals surface area contributed by atoms with E-state index in [1.165, 1.54) is 6.07 Å². The molecule has 1 rings (SSSR count). The van der Waals surface area contributed by atoms with E-state index >= 15 is 0 Å². The number of phenols is 1. The molecule has 1 aromatic carbocycles. The second kappa shape index (κ2) is 87.5. The zero-order valence-corrected chi connectivity index (χ0v) is 66.0. The number of ether oxygens (including phenoxy) is 23. The summed E-state index contributed by atoms with van der Waals surface area (Å²) in [5.74, 6) is -1.57. The van der Waals surface area contributed by atoms with Crippen LogP contribution in [0.3, 0.4) is 0 Å². The van der Waals surface area contributed by atoms with Gasteiger partial charge in [0.15, 0.2) is 0 Å². The van der Waals surface area contributed by atoms with Crippen molar-refractivity contribution in [3.8, 4) is 5.75 Å². The molecule has 4 amide bonds. The fraction of sp³-hybridized carbons (Fsp3) is 0.819. The van der Waals surface area contributed by atoms with Crippen LogP contribution >= 0.6 is 15.9 Å². The van der Waals surface area contributed by atoms with Gasteiger partial charge in [-0.05, 0) is 59.3 Å². The molecule has 0 unspecified atom stereocenters. The molecule has 1 atom stereocenters. The first-order valence-electron chi connectivity index (χ1n) is 37.5. The van der Waals surface area contributed by atoms with Crippen LogP contribution in [0.2, 0.25) is 0 Å². The normalized spacial score (nSPS) is 11.7. The van der Waals surface area contributed by atoms with Crippen molar-refractivity contribution in [2.75, 3.05) is 335 Å². The summed E-state index contributed by atoms with van der Waals surface area (Å²) >= 11 is 3.11. The standard InChI is InChI=1S/C71H130BrN5O29.CO2/c1-2-5-64(73)60-63-8-9-67(79)66(61-63)77-69(81)7-4-10-74-70(82)62-65(72)71(83)76-11-3-6-68(80)75-12-14-84-16-18-86-20-22-88-24-26-90-28-30-92-32-34-94-36-38-96-40-42-98-44-46-100-48-50-102-52-54-104-56-58-106-59-57-105-55-53-103-51-49-101-47-45-99-43-41-97-39-37-95-35-33-93-31-29-91-27-25-89-23-21-87-19-17-85-15-13-78;2-1-3/h8-9,61-62,64,78-79H,2-7,10-60,73H2,1H3,(H,74,82)(H,75,80)(H,76,83)(H,77,81);/b65-62-;/t64-;/m1./s1. The van der Waals surface area contributed by atoms with E-state index in [4.69, 9.17) is 129 Å². The summed E-state index contributed by atoms with van der Waals surface area (Å²) in [6.07, 6.45) is 4.84. The molecular formula is C72H130BrN5O31. The van der Waals surface area contributed by atoms with Crippen molar-refractivity contribution in [2.24, 2.45) is 5.73 Å². The smallest absolute Gasteiger partial charge is 0.373 e. The molecule has 0 heterocycles. The number of nitrogens with two attached hydrogens (primary N) is 1. The van der Waals surface area contributed by atoms with Crippen LogP contribution < -0.4 is 27.0 Å². The summed E-state index contributed by atoms with van der Waals surface area (Å²) in [5, 5.41) is 29.6. The Morgan fingerprint density at radius 1 is 0.404 bits per heavy atom. The lowest BCUT2D eigenvalue weighted by Crippen LogP contribution is -2.30. The van der Waals surface area contributed by atoms with Crippen LogP contribution in [0, 0.1) is 0 Å². The van der Waals surface area contributed by atoms with Crippen LogP contribution in [-0.2, 0) is 144 Å². The predicted octanol–water partition coefficient (Wildman–Crippen LogP) is 0.979. The van der Waals surface area contributed by atoms with Crippen LogP contribution in [0.1, 0.15) is 51.0 Å². The molecule has 636 valence electrons. The van der Waals surface area contributed by atoms with Gasteiger partial charge in [0, 0.05) is 44.6 Å². The number of amides is 4. The average Bonchev–Trinajstić information content (AvgIpc) is 0.862. The molecule has 37 heteroatoms. The first kappa shape index (κ1) is 104. The molecule has 109 heavy (non-hydrogen) atoms. The number of anilines is 1. The Morgan fingerprint density at radius 2 is 0.670 bits per heavy atom. The van der Waals surface area contributed by atoms with Gasteiger partial charge in [-0.25, -0.2) is 0 Å². The molecule has 1 aromatic rings. The van der Waals surface area contributed by atoms with Gasteiger partial charge in [0.1, 0.15) is 5.75 Å². The Hall–Kier alpha value is -4.50. The molecule has 0 fully saturated rings. The molecule has 0 aliphatic heterocycles. The van der Waals surface area contributed by atoms with Gasteiger partial charge in [0.05, 0.1) is 321 Å². The van der Waals surface area contributed by atoms with Gasteiger partial charge >= 0.3 is 6.15 Å². The van der Waals surface area contributed by atoms with E-state index in [-0.39, 0.29) is 66.8 Å². The maximum atomic E-state index is 12.5. The number of rotatable bonds is 86. The van der Waals surface area contributed by atoms with Gasteiger partial charge in [-0.2, -0.15) is 9.59 Å². The van der Waals surface area contributed by atoms with E-state index in [0.29, 0.717) is 335 Å². The molecule has 0 aliphatic rings. The average molecular weight is 1640 g/mol. The number of hydrogen-bond donors (Lipinski definition) is 7. The van der Waals surface area contributed by atoms with E-state index in [1.54, 1.807) is 12.1 Å². The van der Waals surface area contributed by atoms with Crippen molar-refractivity contribution in [2.45, 2.75) is 57.9 Å². The highest BCUT2D eigenvalue weighted by Crippen LogP contribution is 2.25. The summed E-state index contributed by atoms with van der Waals surface area (Å²) in [6.45, 7) is 23.8. The fourth-order valence-corrected chi connectivity index (χ4v) is 8.73. The highest BCUT2D eigenvalue weighted by atomic mass is 79.9. The summed E-state index contributed by atoms with van der Waals surface area (Å²) in [7, 11) is 0. The molecule has 0 saturated heterocycles. The van der Waals surface area contributed by atoms with Crippen molar-refractivity contribution in [3.05, 3.63) is 34.3 Å². The van der Waals surface area contributed by atoms with E-state index in [0.717, 1.165) is 24.5 Å². The van der Waals surface area contributed by atoms with E-state index in [2.05, 4.69) is 44.1 Å². The Morgan fingerprint density at radius 3 is 0.954 bits per heavy atom. The molecular weight excluding hydrogens is 1510 g/mol. The first-order chi connectivity index (χ1) is 53.6. The third-order valence-electron chi connectivity index (χ3n) is 13.7. The maximum Gasteiger partial charge on any atom is 0.373 e. The third kappa shape index (κ3) is 81.3. The lowest BCUT2D eigenvalue weighted by Gasteiger charge is -2.13. The molecule has 36 nitrogen and oxygen atoms in total. The predicted molar refractivity (Wildman–Crippen MR) is 399 cm³/mol. The second-order valence-corrected chi connectivity index (χ2v) is 23.5. The number of benzene rings is 1. The quantitative estimate of drug-likeness (QED) is 0.0271. The maximum absolute atomic E-state index is 12.5. The molecule has 0 spiro atoms. The van der Waals surface area contributed by atoms with E-state index in [1.807, 2.05) is 0 Å². The molecule has 0 saturated carbocycles. The minimum absolute atomic E-state index is 0.00807. The minimum atomic E-state index is -0.513. The van der Waals surface area contributed by atoms with Crippen LogP contribution in [0.25, 0.3) is 0 Å². The summed E-state index contributed by atoms with van der Waals surface area (Å²) in [5.41, 5.74) is 7.35. The van der Waals surface area contributed by atoms with Gasteiger partial charge in [-0.3, -0.25) is 19.2 Å². The molecule has 0 aliphatic carbocycles. The zero-order valence-electron chi connectivity index (χ0n) is 64.4. The van der Waals surface area contributed by atoms with Crippen molar-refractivity contribution >= 4 is 51.4 Å². The third-order valence-corrected chi connectivity index (χ3v) is 14.3. The lowest BCUT2D eigenvalue weighted by atomic mass is 10.0. The number of aliphatic hydroxyl groups excluding tert-OH is 1. The number of phenolic OH excluding ortho intramolecular Hbond substituents is 1. The second-order valence-electron chi connectivity index (χ2n) is 22.6. The fourth-order valence-electron chi connectivity index (χ4n) is 8.38. The Labute approximate surface area is 651 Å². The summed E-state index contributed by atoms with van der Waals surface area (Å²) < 4.78 is 126. The molecule has 0 radical (unpaired) electrons. The molecule has 0 aromatic heterocycles. The van der Waals surface area contributed by atoms with Crippen molar-refractivity contribution in [3.63, 3.8) is 0 Å². The first-order valence-corrected chi connectivity index (χ1v) is 38.3. The monoisotopic (exact) mass is 1640 g/mol. The van der Waals surface area contributed by atoms with Gasteiger partial charge < -0.3 is 146 Å². The van der Waals surface area contributed by atoms with Crippen molar-refractivity contribution < 1.29 is 148 Å². The zero-order chi connectivity index (χ0) is 79.1. The van der Waals surface area contributed by atoms with Gasteiger partial charge in [0.2, 0.25) is 17.7 Å². The number of aromatic hydroxyl groups is 1. The Bertz CT molecular complexity index is 2240. The summed E-state index contributed by atoms with van der Waals surface area (Å²) in [6, 6.07) is 5.01. The number of hydrogen-bond acceptors (Lipinski definition) is 32. The van der Waals surface area contributed by atoms with E-state index < -0.39 is 11.8 Å². The SMILES string of the molecule is CCC[C@@H](N)Cc1ccc(O)c(NC(=O)CCCNC(=O)/C=C(\Br)C(=O)NCCCC(=O)NCCOCCOCCOCCOCCOCCOCCOCCOCCOCCOCCOCCOCCOCCOCCOCCOCCOCCOCCOCCOCCOCCOCCOCCO)c1.O=C=O. The lowest BCUT2D eigenvalue weighted by molar-refractivity contribution is -0.191. The van der Waals surface area contributed by atoms with Crippen LogP contribution in [0.15, 0.2) is 28.8 Å². The highest BCUT2D eigenvalue weighted by molar-refractivity contribution is 9.12. The molecule has 8 N–H and O–H groups in total. The van der Waals surface area contributed by atoms with Gasteiger partial charge in [-0.1, -0.05) is 19.4 Å². The van der Waals surface area contributed by atoms with Crippen molar-refractivity contribution in [1.29, 1.82) is 0 Å². The van der Waals surface area contributed by atoms with Crippen LogP contribution in [-0.4, -0.2) is 376 Å². The minimum Gasteiger partial charge on any atom is -0.506 e. The Kier molecular flexibility index (Phi) is 83.9. The highest BCUT2D eigenvalue weighted by Gasteiger charge is 2.13. The largest absolute Gasteiger partial charge is 0.506 e. The van der Waals surface area contributed by atoms with Gasteiger partial charge in [0.25, 0.3) is 5.91 Å². The van der Waals surface area contributed by atoms with Gasteiger partial charge in [-0.15, -0.1) is 0 Å². The number of carbonyl (C=O) groups excluding carboxylic acids is 6. The van der Waals surface area contributed by atoms with E-state index in [9.17, 15) is 24.3 Å². The van der Waals surface area contributed by atoms with Crippen molar-refractivity contribution in [1.82, 2.24) is 16.0 Å². The topological polar surface area (TPSA) is 429 Å². The number of carbonyl (C=O) groups is 4. The van der Waals surface area contributed by atoms with Crippen LogP contribution in [0.5, 0.6) is 5.75 Å². The Balaban J connectivity index is 0.0000382. The number of nitrogens with one attached hydrogen (secondary N) is 4. The number of aliphatic hydroxyl groups is 1.